The number of likely N-dealkylation sites (N-methyl/N-ethyl adjacent to an activating group) is 1. The minimum atomic E-state index is -0.109. The molecule has 1 unspecified atom stereocenters. The molecule has 0 saturated heterocycles. The smallest absolute Gasteiger partial charge is 0.239 e. The lowest BCUT2D eigenvalue weighted by Crippen LogP contribution is -2.49. The lowest BCUT2D eigenvalue weighted by molar-refractivity contribution is -0.132. The van der Waals surface area contributed by atoms with Gasteiger partial charge in [0, 0.05) is 26.6 Å². The van der Waals surface area contributed by atoms with Gasteiger partial charge in [0.1, 0.15) is 0 Å². The molecule has 3 rings (SSSR count). The van der Waals surface area contributed by atoms with Gasteiger partial charge < -0.3 is 9.88 Å². The highest BCUT2D eigenvalue weighted by molar-refractivity contribution is 5.82. The van der Waals surface area contributed by atoms with Crippen molar-refractivity contribution >= 4 is 5.91 Å². The molecular weight excluding hydrogens is 240 g/mol. The first-order valence-corrected chi connectivity index (χ1v) is 7.23. The summed E-state index contributed by atoms with van der Waals surface area (Å²) < 4.78 is 0. The third kappa shape index (κ3) is 2.66. The highest BCUT2D eigenvalue weighted by atomic mass is 16.2. The Hall–Kier alpha value is -1.36. The molecule has 5 heteroatoms. The maximum absolute atomic E-state index is 12.4. The summed E-state index contributed by atoms with van der Waals surface area (Å²) in [6.45, 7) is 1.62. The van der Waals surface area contributed by atoms with E-state index >= 15 is 0 Å². The van der Waals surface area contributed by atoms with E-state index in [1.807, 2.05) is 11.9 Å². The van der Waals surface area contributed by atoms with Crippen LogP contribution >= 0.6 is 0 Å². The molecule has 2 heterocycles. The lowest BCUT2D eigenvalue weighted by atomic mass is 10.0. The SMILES string of the molecule is CN(CC1CCCC1)C(=O)C1Cc2nc[nH]c2CN1. The minimum Gasteiger partial charge on any atom is -0.347 e. The van der Waals surface area contributed by atoms with Crippen LogP contribution in [0.15, 0.2) is 6.33 Å². The summed E-state index contributed by atoms with van der Waals surface area (Å²) in [4.78, 5) is 21.7. The molecule has 2 N–H and O–H groups in total. The zero-order chi connectivity index (χ0) is 13.2. The van der Waals surface area contributed by atoms with Crippen LogP contribution < -0.4 is 5.32 Å². The van der Waals surface area contributed by atoms with E-state index in [1.54, 1.807) is 6.33 Å². The maximum Gasteiger partial charge on any atom is 0.239 e. The molecule has 1 saturated carbocycles. The van der Waals surface area contributed by atoms with Gasteiger partial charge in [0.2, 0.25) is 5.91 Å². The first-order chi connectivity index (χ1) is 9.24. The van der Waals surface area contributed by atoms with Crippen LogP contribution in [0.3, 0.4) is 0 Å². The van der Waals surface area contributed by atoms with E-state index in [0.29, 0.717) is 18.9 Å². The van der Waals surface area contributed by atoms with E-state index in [-0.39, 0.29) is 11.9 Å². The molecule has 1 aliphatic heterocycles. The summed E-state index contributed by atoms with van der Waals surface area (Å²) in [5, 5.41) is 3.30. The molecule has 2 aliphatic rings. The second-order valence-electron chi connectivity index (χ2n) is 5.83. The van der Waals surface area contributed by atoms with Crippen LogP contribution in [0.25, 0.3) is 0 Å². The summed E-state index contributed by atoms with van der Waals surface area (Å²) in [5.74, 6) is 0.916. The van der Waals surface area contributed by atoms with Crippen LogP contribution in [0.2, 0.25) is 0 Å². The number of aromatic amines is 1. The first-order valence-electron chi connectivity index (χ1n) is 7.23. The molecule has 19 heavy (non-hydrogen) atoms. The largest absolute Gasteiger partial charge is 0.347 e. The first kappa shape index (κ1) is 12.7. The molecule has 1 amide bonds. The van der Waals surface area contributed by atoms with Gasteiger partial charge in [-0.05, 0) is 18.8 Å². The van der Waals surface area contributed by atoms with Crippen molar-refractivity contribution in [1.82, 2.24) is 20.2 Å². The zero-order valence-electron chi connectivity index (χ0n) is 11.5. The minimum absolute atomic E-state index is 0.109. The summed E-state index contributed by atoms with van der Waals surface area (Å²) in [6.07, 6.45) is 7.61. The van der Waals surface area contributed by atoms with Gasteiger partial charge in [-0.15, -0.1) is 0 Å². The van der Waals surface area contributed by atoms with Crippen molar-refractivity contribution in [2.24, 2.45) is 5.92 Å². The van der Waals surface area contributed by atoms with Crippen molar-refractivity contribution in [2.75, 3.05) is 13.6 Å². The number of fused-ring (bicyclic) bond motifs is 1. The van der Waals surface area contributed by atoms with Gasteiger partial charge in [0.15, 0.2) is 0 Å². The highest BCUT2D eigenvalue weighted by Crippen LogP contribution is 2.25. The van der Waals surface area contributed by atoms with E-state index in [9.17, 15) is 4.79 Å². The van der Waals surface area contributed by atoms with E-state index in [4.69, 9.17) is 0 Å². The summed E-state index contributed by atoms with van der Waals surface area (Å²) in [7, 11) is 1.93. The normalized spacial score (nSPS) is 23.3. The van der Waals surface area contributed by atoms with Gasteiger partial charge in [-0.2, -0.15) is 0 Å². The molecular formula is C14H22N4O. The second kappa shape index (κ2) is 5.33. The van der Waals surface area contributed by atoms with Gasteiger partial charge >= 0.3 is 0 Å². The van der Waals surface area contributed by atoms with Crippen LogP contribution in [0, 0.1) is 5.92 Å². The van der Waals surface area contributed by atoms with Gasteiger partial charge in [-0.3, -0.25) is 10.1 Å². The lowest BCUT2D eigenvalue weighted by Gasteiger charge is -2.28. The molecule has 1 fully saturated rings. The van der Waals surface area contributed by atoms with Gasteiger partial charge in [-0.25, -0.2) is 4.98 Å². The number of H-pyrrole nitrogens is 1. The highest BCUT2D eigenvalue weighted by Gasteiger charge is 2.29. The summed E-state index contributed by atoms with van der Waals surface area (Å²) in [5.41, 5.74) is 2.15. The van der Waals surface area contributed by atoms with Crippen molar-refractivity contribution < 1.29 is 4.79 Å². The van der Waals surface area contributed by atoms with Crippen LogP contribution in [-0.4, -0.2) is 40.4 Å². The number of rotatable bonds is 3. The fraction of sp³-hybridized carbons (Fsp3) is 0.714. The maximum atomic E-state index is 12.4. The van der Waals surface area contributed by atoms with Crippen LogP contribution in [-0.2, 0) is 17.8 Å². The molecule has 1 aromatic heterocycles. The standard InChI is InChI=1S/C14H22N4O/c1-18(8-10-4-2-3-5-10)14(19)12-6-11-13(7-15-12)17-9-16-11/h9-10,12,15H,2-8H2,1H3,(H,16,17). The number of imidazole rings is 1. The Labute approximate surface area is 113 Å². The quantitative estimate of drug-likeness (QED) is 0.856. The predicted molar refractivity (Wildman–Crippen MR) is 72.5 cm³/mol. The Morgan fingerprint density at radius 3 is 3.05 bits per heavy atom. The van der Waals surface area contributed by atoms with Crippen molar-refractivity contribution in [1.29, 1.82) is 0 Å². The van der Waals surface area contributed by atoms with Gasteiger partial charge in [0.05, 0.1) is 23.8 Å². The molecule has 0 aromatic carbocycles. The molecule has 1 atom stereocenters. The van der Waals surface area contributed by atoms with E-state index in [1.165, 1.54) is 25.7 Å². The van der Waals surface area contributed by atoms with E-state index in [2.05, 4.69) is 15.3 Å². The zero-order valence-corrected chi connectivity index (χ0v) is 11.5. The van der Waals surface area contributed by atoms with Crippen molar-refractivity contribution in [3.8, 4) is 0 Å². The number of amides is 1. The molecule has 1 aromatic rings. The average Bonchev–Trinajstić information content (AvgIpc) is 3.07. The number of nitrogens with zero attached hydrogens (tertiary/aromatic N) is 2. The van der Waals surface area contributed by atoms with Crippen molar-refractivity contribution in [3.05, 3.63) is 17.7 Å². The fourth-order valence-corrected chi connectivity index (χ4v) is 3.28. The third-order valence-electron chi connectivity index (χ3n) is 4.41. The number of nitrogens with one attached hydrogen (secondary N) is 2. The Kier molecular flexibility index (Phi) is 3.55. The molecule has 0 spiro atoms. The third-order valence-corrected chi connectivity index (χ3v) is 4.41. The molecule has 0 bridgehead atoms. The Bertz CT molecular complexity index is 450. The van der Waals surface area contributed by atoms with E-state index < -0.39 is 0 Å². The Morgan fingerprint density at radius 1 is 1.47 bits per heavy atom. The fourth-order valence-electron chi connectivity index (χ4n) is 3.28. The monoisotopic (exact) mass is 262 g/mol. The summed E-state index contributed by atoms with van der Waals surface area (Å²) in [6, 6.07) is -0.109. The second-order valence-corrected chi connectivity index (χ2v) is 5.83. The van der Waals surface area contributed by atoms with Crippen LogP contribution in [0.5, 0.6) is 0 Å². The summed E-state index contributed by atoms with van der Waals surface area (Å²) >= 11 is 0. The number of hydrogen-bond acceptors (Lipinski definition) is 3. The van der Waals surface area contributed by atoms with Crippen molar-refractivity contribution in [3.63, 3.8) is 0 Å². The van der Waals surface area contributed by atoms with Crippen LogP contribution in [0.1, 0.15) is 37.1 Å². The molecule has 5 nitrogen and oxygen atoms in total. The average molecular weight is 262 g/mol. The Balaban J connectivity index is 1.58. The number of carbonyl (C=O) groups is 1. The van der Waals surface area contributed by atoms with E-state index in [0.717, 1.165) is 17.9 Å². The number of aromatic nitrogens is 2. The topological polar surface area (TPSA) is 61.0 Å². The molecule has 104 valence electrons. The van der Waals surface area contributed by atoms with Crippen LogP contribution in [0.4, 0.5) is 0 Å². The number of hydrogen-bond donors (Lipinski definition) is 2. The van der Waals surface area contributed by atoms with Gasteiger partial charge in [0.25, 0.3) is 0 Å². The van der Waals surface area contributed by atoms with Crippen molar-refractivity contribution in [2.45, 2.75) is 44.7 Å². The Morgan fingerprint density at radius 2 is 2.26 bits per heavy atom. The van der Waals surface area contributed by atoms with Gasteiger partial charge in [-0.1, -0.05) is 12.8 Å². The molecule has 1 aliphatic carbocycles. The predicted octanol–water partition coefficient (Wildman–Crippen LogP) is 1.07. The molecule has 0 radical (unpaired) electrons. The number of carbonyl (C=O) groups excluding carboxylic acids is 1.